The van der Waals surface area contributed by atoms with Crippen LogP contribution in [0.25, 0.3) is 0 Å². The third kappa shape index (κ3) is 3.48. The number of rotatable bonds is 4. The molecule has 0 saturated carbocycles. The molecule has 0 aliphatic carbocycles. The average molecular weight is 226 g/mol. The molecule has 3 heteroatoms. The first-order valence-corrected chi connectivity index (χ1v) is 6.56. The molecule has 0 radical (unpaired) electrons. The van der Waals surface area contributed by atoms with Gasteiger partial charge in [0.1, 0.15) is 0 Å². The number of carbonyl (C=O) groups excluding carboxylic acids is 1. The standard InChI is InChI=1S/C13H26N2O/c1-5-12(10(2)3)8-13(16)15-7-6-14-9-11(15)4/h10-12,14H,5-9H2,1-4H3. The van der Waals surface area contributed by atoms with Crippen LogP contribution >= 0.6 is 0 Å². The van der Waals surface area contributed by atoms with Crippen LogP contribution in [0.15, 0.2) is 0 Å². The third-order valence-electron chi connectivity index (χ3n) is 3.73. The molecule has 94 valence electrons. The van der Waals surface area contributed by atoms with Crippen molar-refractivity contribution >= 4 is 5.91 Å². The molecule has 1 fully saturated rings. The van der Waals surface area contributed by atoms with Crippen molar-refractivity contribution in [3.05, 3.63) is 0 Å². The van der Waals surface area contributed by atoms with Crippen LogP contribution in [0.3, 0.4) is 0 Å². The van der Waals surface area contributed by atoms with Crippen molar-refractivity contribution in [2.45, 2.75) is 46.6 Å². The Hall–Kier alpha value is -0.570. The quantitative estimate of drug-likeness (QED) is 0.794. The molecule has 2 atom stereocenters. The monoisotopic (exact) mass is 226 g/mol. The van der Waals surface area contributed by atoms with Crippen molar-refractivity contribution in [3.8, 4) is 0 Å². The van der Waals surface area contributed by atoms with Gasteiger partial charge in [0.05, 0.1) is 0 Å². The predicted octanol–water partition coefficient (Wildman–Crippen LogP) is 1.88. The minimum atomic E-state index is 0.342. The third-order valence-corrected chi connectivity index (χ3v) is 3.73. The van der Waals surface area contributed by atoms with Gasteiger partial charge in [-0.15, -0.1) is 0 Å². The van der Waals surface area contributed by atoms with E-state index in [1.165, 1.54) is 0 Å². The van der Waals surface area contributed by atoms with Crippen molar-refractivity contribution in [3.63, 3.8) is 0 Å². The summed E-state index contributed by atoms with van der Waals surface area (Å²) in [6, 6.07) is 0.353. The van der Waals surface area contributed by atoms with Gasteiger partial charge in [0.25, 0.3) is 0 Å². The van der Waals surface area contributed by atoms with E-state index in [1.54, 1.807) is 0 Å². The SMILES string of the molecule is CCC(CC(=O)N1CCNCC1C)C(C)C. The molecule has 3 nitrogen and oxygen atoms in total. The van der Waals surface area contributed by atoms with Crippen LogP contribution < -0.4 is 5.32 Å². The van der Waals surface area contributed by atoms with Crippen LogP contribution in [0.2, 0.25) is 0 Å². The van der Waals surface area contributed by atoms with E-state index in [9.17, 15) is 4.79 Å². The number of nitrogens with zero attached hydrogens (tertiary/aromatic N) is 1. The summed E-state index contributed by atoms with van der Waals surface area (Å²) in [7, 11) is 0. The van der Waals surface area contributed by atoms with Gasteiger partial charge in [-0.05, 0) is 18.8 Å². The lowest BCUT2D eigenvalue weighted by atomic mass is 9.89. The van der Waals surface area contributed by atoms with E-state index >= 15 is 0 Å². The second kappa shape index (κ2) is 6.24. The number of hydrogen-bond acceptors (Lipinski definition) is 2. The van der Waals surface area contributed by atoms with Crippen molar-refractivity contribution < 1.29 is 4.79 Å². The van der Waals surface area contributed by atoms with E-state index in [4.69, 9.17) is 0 Å². The Labute approximate surface area is 99.6 Å². The molecule has 2 unspecified atom stereocenters. The Morgan fingerprint density at radius 2 is 2.19 bits per heavy atom. The molecule has 0 aromatic heterocycles. The predicted molar refractivity (Wildman–Crippen MR) is 67.3 cm³/mol. The topological polar surface area (TPSA) is 32.3 Å². The van der Waals surface area contributed by atoms with Crippen molar-refractivity contribution in [2.75, 3.05) is 19.6 Å². The summed E-state index contributed by atoms with van der Waals surface area (Å²) in [6.07, 6.45) is 1.82. The molecular formula is C13H26N2O. The highest BCUT2D eigenvalue weighted by Crippen LogP contribution is 2.20. The maximum Gasteiger partial charge on any atom is 0.223 e. The molecule has 1 N–H and O–H groups in total. The zero-order valence-corrected chi connectivity index (χ0v) is 11.1. The number of hydrogen-bond donors (Lipinski definition) is 1. The summed E-state index contributed by atoms with van der Waals surface area (Å²) in [5.41, 5.74) is 0. The summed E-state index contributed by atoms with van der Waals surface area (Å²) in [6.45, 7) is 11.5. The maximum absolute atomic E-state index is 12.2. The Morgan fingerprint density at radius 3 is 2.69 bits per heavy atom. The number of amides is 1. The van der Waals surface area contributed by atoms with E-state index in [1.807, 2.05) is 4.90 Å². The molecule has 0 bridgehead atoms. The Morgan fingerprint density at radius 1 is 1.50 bits per heavy atom. The molecule has 1 saturated heterocycles. The fraction of sp³-hybridized carbons (Fsp3) is 0.923. The van der Waals surface area contributed by atoms with Crippen molar-refractivity contribution in [1.82, 2.24) is 10.2 Å². The fourth-order valence-corrected chi connectivity index (χ4v) is 2.40. The first-order chi connectivity index (χ1) is 7.56. The fourth-order valence-electron chi connectivity index (χ4n) is 2.40. The molecule has 16 heavy (non-hydrogen) atoms. The highest BCUT2D eigenvalue weighted by Gasteiger charge is 2.25. The number of piperazine rings is 1. The first kappa shape index (κ1) is 13.5. The highest BCUT2D eigenvalue weighted by atomic mass is 16.2. The largest absolute Gasteiger partial charge is 0.337 e. The number of carbonyl (C=O) groups is 1. The van der Waals surface area contributed by atoms with E-state index in [0.717, 1.165) is 32.5 Å². The summed E-state index contributed by atoms with van der Waals surface area (Å²) in [5.74, 6) is 1.48. The zero-order chi connectivity index (χ0) is 12.1. The van der Waals surface area contributed by atoms with Crippen LogP contribution in [0, 0.1) is 11.8 Å². The Kier molecular flexibility index (Phi) is 5.26. The average Bonchev–Trinajstić information content (AvgIpc) is 2.25. The van der Waals surface area contributed by atoms with E-state index in [0.29, 0.717) is 23.8 Å². The van der Waals surface area contributed by atoms with Gasteiger partial charge in [0.15, 0.2) is 0 Å². The summed E-state index contributed by atoms with van der Waals surface area (Å²) in [4.78, 5) is 14.2. The minimum Gasteiger partial charge on any atom is -0.337 e. The van der Waals surface area contributed by atoms with Gasteiger partial charge in [-0.2, -0.15) is 0 Å². The molecule has 1 heterocycles. The molecule has 1 amide bonds. The molecule has 1 rings (SSSR count). The molecular weight excluding hydrogens is 200 g/mol. The highest BCUT2D eigenvalue weighted by molar-refractivity contribution is 5.77. The second-order valence-corrected chi connectivity index (χ2v) is 5.26. The van der Waals surface area contributed by atoms with Crippen molar-refractivity contribution in [1.29, 1.82) is 0 Å². The molecule has 1 aliphatic heterocycles. The van der Waals surface area contributed by atoms with Crippen LogP contribution in [0.5, 0.6) is 0 Å². The first-order valence-electron chi connectivity index (χ1n) is 6.56. The van der Waals surface area contributed by atoms with Gasteiger partial charge in [-0.1, -0.05) is 27.2 Å². The van der Waals surface area contributed by atoms with Gasteiger partial charge >= 0.3 is 0 Å². The lowest BCUT2D eigenvalue weighted by Gasteiger charge is -2.35. The van der Waals surface area contributed by atoms with Crippen molar-refractivity contribution in [2.24, 2.45) is 11.8 Å². The van der Waals surface area contributed by atoms with Crippen LogP contribution in [-0.4, -0.2) is 36.5 Å². The van der Waals surface area contributed by atoms with E-state index in [2.05, 4.69) is 33.0 Å². The van der Waals surface area contributed by atoms with Gasteiger partial charge in [-0.3, -0.25) is 4.79 Å². The second-order valence-electron chi connectivity index (χ2n) is 5.26. The normalized spacial score (nSPS) is 23.6. The summed E-state index contributed by atoms with van der Waals surface area (Å²) in [5, 5.41) is 3.32. The molecule has 1 aliphatic rings. The molecule has 0 spiro atoms. The Bertz CT molecular complexity index is 228. The molecule has 0 aromatic rings. The lowest BCUT2D eigenvalue weighted by Crippen LogP contribution is -2.52. The van der Waals surface area contributed by atoms with Gasteiger partial charge in [0.2, 0.25) is 5.91 Å². The Balaban J connectivity index is 2.49. The van der Waals surface area contributed by atoms with Gasteiger partial charge < -0.3 is 10.2 Å². The summed E-state index contributed by atoms with van der Waals surface area (Å²) < 4.78 is 0. The van der Waals surface area contributed by atoms with E-state index < -0.39 is 0 Å². The number of nitrogens with one attached hydrogen (secondary N) is 1. The van der Waals surface area contributed by atoms with Crippen LogP contribution in [0.1, 0.15) is 40.5 Å². The van der Waals surface area contributed by atoms with Gasteiger partial charge in [0, 0.05) is 32.1 Å². The minimum absolute atomic E-state index is 0.342. The maximum atomic E-state index is 12.2. The summed E-state index contributed by atoms with van der Waals surface area (Å²) >= 11 is 0. The van der Waals surface area contributed by atoms with Gasteiger partial charge in [-0.25, -0.2) is 0 Å². The van der Waals surface area contributed by atoms with Crippen LogP contribution in [-0.2, 0) is 4.79 Å². The van der Waals surface area contributed by atoms with Crippen LogP contribution in [0.4, 0.5) is 0 Å². The smallest absolute Gasteiger partial charge is 0.223 e. The zero-order valence-electron chi connectivity index (χ0n) is 11.1. The lowest BCUT2D eigenvalue weighted by molar-refractivity contribution is -0.135. The van der Waals surface area contributed by atoms with E-state index in [-0.39, 0.29) is 0 Å². The molecule has 0 aromatic carbocycles.